The van der Waals surface area contributed by atoms with E-state index >= 15 is 0 Å². The largest absolute Gasteiger partial charge is 0.487 e. The Bertz CT molecular complexity index is 1030. The van der Waals surface area contributed by atoms with Crippen LogP contribution in [0.4, 0.5) is 5.69 Å². The lowest BCUT2D eigenvalue weighted by Crippen LogP contribution is -2.21. The Morgan fingerprint density at radius 2 is 1.93 bits per heavy atom. The topological polar surface area (TPSA) is 77.1 Å². The van der Waals surface area contributed by atoms with Crippen molar-refractivity contribution < 1.29 is 22.6 Å². The van der Waals surface area contributed by atoms with Gasteiger partial charge in [-0.3, -0.25) is 4.72 Å². The molecular weight excluding hydrogens is 484 g/mol. The Balaban J connectivity index is 1.57. The first-order chi connectivity index (χ1) is 13.8. The zero-order chi connectivity index (χ0) is 20.6. The lowest BCUT2D eigenvalue weighted by molar-refractivity contribution is 0.171. The fourth-order valence-corrected chi connectivity index (χ4v) is 5.54. The zero-order valence-electron chi connectivity index (χ0n) is 15.7. The summed E-state index contributed by atoms with van der Waals surface area (Å²) in [6.45, 7) is 2.55. The second-order valence-electron chi connectivity index (χ2n) is 6.97. The molecule has 2 aromatic carbocycles. The molecule has 10 heteroatoms. The predicted octanol–water partition coefficient (Wildman–Crippen LogP) is 3.76. The lowest BCUT2D eigenvalue weighted by Gasteiger charge is -2.20. The number of rotatable bonds is 5. The zero-order valence-corrected chi connectivity index (χ0v) is 18.8. The number of fused-ring (bicyclic) bond motifs is 1. The molecular formula is C19H20BrClN2O5S. The van der Waals surface area contributed by atoms with E-state index in [0.29, 0.717) is 45.6 Å². The van der Waals surface area contributed by atoms with E-state index in [0.717, 1.165) is 19.5 Å². The van der Waals surface area contributed by atoms with Crippen molar-refractivity contribution in [1.29, 1.82) is 0 Å². The van der Waals surface area contributed by atoms with Crippen molar-refractivity contribution in [3.8, 4) is 17.2 Å². The standard InChI is InChI=1S/C19H20BrClN2O5S/c1-23-5-4-13(11-23)28-16-8-12(2-3-15(16)21)22-29(24,25)19-10-18-17(9-14(19)20)26-6-7-27-18/h2-3,8-10,13,22H,4-7,11H2,1H3/t13-/m1/s1. The highest BCUT2D eigenvalue weighted by molar-refractivity contribution is 9.10. The summed E-state index contributed by atoms with van der Waals surface area (Å²) in [4.78, 5) is 2.22. The first-order valence-corrected chi connectivity index (χ1v) is 11.7. The molecule has 1 N–H and O–H groups in total. The highest BCUT2D eigenvalue weighted by Crippen LogP contribution is 2.38. The molecule has 2 aliphatic rings. The molecule has 0 amide bonds. The van der Waals surface area contributed by atoms with Crippen LogP contribution in [0.5, 0.6) is 17.2 Å². The lowest BCUT2D eigenvalue weighted by atomic mass is 10.3. The molecule has 2 aliphatic heterocycles. The summed E-state index contributed by atoms with van der Waals surface area (Å²) in [7, 11) is -1.85. The Kier molecular flexibility index (Phi) is 5.83. The Labute approximate surface area is 183 Å². The van der Waals surface area contributed by atoms with Crippen LogP contribution in [0.3, 0.4) is 0 Å². The number of hydrogen-bond donors (Lipinski definition) is 1. The van der Waals surface area contributed by atoms with Gasteiger partial charge in [0.25, 0.3) is 10.0 Å². The molecule has 29 heavy (non-hydrogen) atoms. The van der Waals surface area contributed by atoms with Crippen LogP contribution in [0.15, 0.2) is 39.7 Å². The molecule has 0 unspecified atom stereocenters. The van der Waals surface area contributed by atoms with Crippen LogP contribution in [-0.4, -0.2) is 52.8 Å². The van der Waals surface area contributed by atoms with Gasteiger partial charge in [-0.05, 0) is 47.6 Å². The molecule has 2 heterocycles. The maximum atomic E-state index is 13.0. The quantitative estimate of drug-likeness (QED) is 0.670. The van der Waals surface area contributed by atoms with E-state index in [-0.39, 0.29) is 11.0 Å². The second-order valence-corrected chi connectivity index (χ2v) is 9.88. The molecule has 4 rings (SSSR count). The van der Waals surface area contributed by atoms with Crippen LogP contribution in [0.25, 0.3) is 0 Å². The second kappa shape index (κ2) is 8.22. The number of likely N-dealkylation sites (N-methyl/N-ethyl adjacent to an activating group) is 1. The third-order valence-electron chi connectivity index (χ3n) is 4.71. The van der Waals surface area contributed by atoms with Crippen LogP contribution in [0, 0.1) is 0 Å². The van der Waals surface area contributed by atoms with E-state index < -0.39 is 10.0 Å². The van der Waals surface area contributed by atoms with Gasteiger partial charge in [0.05, 0.1) is 10.7 Å². The summed E-state index contributed by atoms with van der Waals surface area (Å²) < 4.78 is 45.9. The van der Waals surface area contributed by atoms with E-state index in [1.807, 2.05) is 7.05 Å². The van der Waals surface area contributed by atoms with Crippen molar-refractivity contribution >= 4 is 43.2 Å². The minimum Gasteiger partial charge on any atom is -0.487 e. The molecule has 0 aromatic heterocycles. The number of ether oxygens (including phenoxy) is 3. The van der Waals surface area contributed by atoms with Gasteiger partial charge < -0.3 is 19.1 Å². The summed E-state index contributed by atoms with van der Waals surface area (Å²) in [5.41, 5.74) is 0.359. The summed E-state index contributed by atoms with van der Waals surface area (Å²) in [5.74, 6) is 1.35. The van der Waals surface area contributed by atoms with Gasteiger partial charge in [-0.15, -0.1) is 0 Å². The van der Waals surface area contributed by atoms with Gasteiger partial charge in [0.15, 0.2) is 11.5 Å². The molecule has 0 saturated carbocycles. The fourth-order valence-electron chi connectivity index (χ4n) is 3.29. The first kappa shape index (κ1) is 20.6. The summed E-state index contributed by atoms with van der Waals surface area (Å²) >= 11 is 9.56. The number of nitrogens with one attached hydrogen (secondary N) is 1. The average molecular weight is 504 g/mol. The molecule has 1 fully saturated rings. The molecule has 1 saturated heterocycles. The molecule has 0 bridgehead atoms. The van der Waals surface area contributed by atoms with E-state index in [4.69, 9.17) is 25.8 Å². The smallest absolute Gasteiger partial charge is 0.263 e. The number of halogens is 2. The third kappa shape index (κ3) is 4.58. The van der Waals surface area contributed by atoms with Crippen molar-refractivity contribution in [2.45, 2.75) is 17.4 Å². The van der Waals surface area contributed by atoms with Crippen LogP contribution < -0.4 is 18.9 Å². The van der Waals surface area contributed by atoms with Crippen molar-refractivity contribution in [1.82, 2.24) is 4.90 Å². The molecule has 1 atom stereocenters. The highest BCUT2D eigenvalue weighted by atomic mass is 79.9. The molecule has 156 valence electrons. The predicted molar refractivity (Wildman–Crippen MR) is 114 cm³/mol. The summed E-state index contributed by atoms with van der Waals surface area (Å²) in [5, 5.41) is 0.433. The van der Waals surface area contributed by atoms with Crippen molar-refractivity contribution in [3.63, 3.8) is 0 Å². The van der Waals surface area contributed by atoms with Gasteiger partial charge in [-0.1, -0.05) is 11.6 Å². The Morgan fingerprint density at radius 3 is 2.62 bits per heavy atom. The monoisotopic (exact) mass is 502 g/mol. The van der Waals surface area contributed by atoms with Gasteiger partial charge in [0.2, 0.25) is 0 Å². The molecule has 0 aliphatic carbocycles. The van der Waals surface area contributed by atoms with Crippen molar-refractivity contribution in [2.24, 2.45) is 0 Å². The minimum absolute atomic E-state index is 0.0243. The van der Waals surface area contributed by atoms with Gasteiger partial charge in [0.1, 0.15) is 30.0 Å². The van der Waals surface area contributed by atoms with Crippen LogP contribution >= 0.6 is 27.5 Å². The van der Waals surface area contributed by atoms with Gasteiger partial charge in [-0.2, -0.15) is 0 Å². The van der Waals surface area contributed by atoms with Gasteiger partial charge in [-0.25, -0.2) is 8.42 Å². The first-order valence-electron chi connectivity index (χ1n) is 9.08. The summed E-state index contributed by atoms with van der Waals surface area (Å²) in [6, 6.07) is 7.86. The number of hydrogen-bond acceptors (Lipinski definition) is 6. The maximum Gasteiger partial charge on any atom is 0.263 e. The minimum atomic E-state index is -3.88. The highest BCUT2D eigenvalue weighted by Gasteiger charge is 2.25. The number of sulfonamides is 1. The van der Waals surface area contributed by atoms with E-state index in [1.165, 1.54) is 6.07 Å². The van der Waals surface area contributed by atoms with E-state index in [1.54, 1.807) is 24.3 Å². The van der Waals surface area contributed by atoms with E-state index in [9.17, 15) is 8.42 Å². The Hall–Kier alpha value is -1.68. The SMILES string of the molecule is CN1CC[C@@H](Oc2cc(NS(=O)(=O)c3cc4c(cc3Br)OCCO4)ccc2Cl)C1. The van der Waals surface area contributed by atoms with Crippen LogP contribution in [0.1, 0.15) is 6.42 Å². The number of nitrogens with zero attached hydrogens (tertiary/aromatic N) is 1. The van der Waals surface area contributed by atoms with Crippen molar-refractivity contribution in [3.05, 3.63) is 39.8 Å². The molecule has 2 aromatic rings. The van der Waals surface area contributed by atoms with Gasteiger partial charge >= 0.3 is 0 Å². The van der Waals surface area contributed by atoms with E-state index in [2.05, 4.69) is 25.6 Å². The number of benzene rings is 2. The molecule has 0 radical (unpaired) electrons. The summed E-state index contributed by atoms with van der Waals surface area (Å²) in [6.07, 6.45) is 0.920. The van der Waals surface area contributed by atoms with Crippen LogP contribution in [0.2, 0.25) is 5.02 Å². The van der Waals surface area contributed by atoms with Gasteiger partial charge in [0, 0.05) is 29.7 Å². The number of likely N-dealkylation sites (tertiary alicyclic amines) is 1. The fraction of sp³-hybridized carbons (Fsp3) is 0.368. The molecule has 0 spiro atoms. The van der Waals surface area contributed by atoms with Crippen molar-refractivity contribution in [2.75, 3.05) is 38.1 Å². The number of anilines is 1. The molecule has 7 nitrogen and oxygen atoms in total. The maximum absolute atomic E-state index is 13.0. The normalized spacial score (nSPS) is 19.2. The Morgan fingerprint density at radius 1 is 1.21 bits per heavy atom. The van der Waals surface area contributed by atoms with Crippen LogP contribution in [-0.2, 0) is 10.0 Å². The average Bonchev–Trinajstić information content (AvgIpc) is 3.08. The third-order valence-corrected chi connectivity index (χ3v) is 7.36.